The first-order valence-corrected chi connectivity index (χ1v) is 15.0. The Morgan fingerprint density at radius 1 is 0.525 bits per heavy atom. The minimum atomic E-state index is -2.71. The molecule has 0 heterocycles. The molecule has 0 aliphatic heterocycles. The predicted octanol–water partition coefficient (Wildman–Crippen LogP) is 0.769. The van der Waals surface area contributed by atoms with Gasteiger partial charge >= 0.3 is 26.2 Å². The molecule has 40 heavy (non-hydrogen) atoms. The Bertz CT molecular complexity index is 1140. The molecule has 0 nitrogen and oxygen atoms in total. The summed E-state index contributed by atoms with van der Waals surface area (Å²) in [5.74, 6) is 8.09. The van der Waals surface area contributed by atoms with Gasteiger partial charge in [-0.25, -0.2) is 0 Å². The van der Waals surface area contributed by atoms with Crippen molar-refractivity contribution in [1.82, 2.24) is 0 Å². The summed E-state index contributed by atoms with van der Waals surface area (Å²) < 4.78 is 0. The molecule has 2 fully saturated rings. The number of allylic oxidation sites excluding steroid dienone is 10. The molecular weight excluding hydrogens is 623 g/mol. The first-order chi connectivity index (χ1) is 18.3. The van der Waals surface area contributed by atoms with Gasteiger partial charge in [0.2, 0.25) is 0 Å². The molecule has 0 atom stereocenters. The fraction of sp³-hybridized carbons (Fsp3) is 0.0556. The zero-order valence-corrected chi connectivity index (χ0v) is 27.3. The second-order valence-electron chi connectivity index (χ2n) is 9.73. The maximum absolute atomic E-state index is 4.08. The summed E-state index contributed by atoms with van der Waals surface area (Å²) in [5.41, 5.74) is 2.91. The minimum Gasteiger partial charge on any atom is -1.00 e. The van der Waals surface area contributed by atoms with Crippen LogP contribution in [0.15, 0.2) is 135 Å². The van der Waals surface area contributed by atoms with Crippen molar-refractivity contribution in [3.05, 3.63) is 194 Å². The van der Waals surface area contributed by atoms with E-state index in [1.807, 2.05) is 12.2 Å². The van der Waals surface area contributed by atoms with Gasteiger partial charge in [-0.2, -0.15) is 0 Å². The summed E-state index contributed by atoms with van der Waals surface area (Å²) >= 11 is 0. The standard InChI is InChI=1S/C36H30Si.2ClH.Zr/c1-3-15-27-25-35(33-23-13-11-21-31(27)33)37(29-17-7-5-8-18-29,30-19-9-6-10-20-30)36-26-28(16-4-2)32-22-12-14-24-34(32)36;;;/h3-14,17-26H,1-2,15-16H2;2*1H;/q;;;+4/p-2. The van der Waals surface area contributed by atoms with Crippen molar-refractivity contribution < 1.29 is 51.0 Å². The van der Waals surface area contributed by atoms with Crippen LogP contribution in [0.2, 0.25) is 0 Å². The Morgan fingerprint density at radius 3 is 1.23 bits per heavy atom. The normalized spacial score (nSPS) is 20.4. The van der Waals surface area contributed by atoms with E-state index in [0.29, 0.717) is 0 Å². The Morgan fingerprint density at radius 2 is 0.875 bits per heavy atom. The number of hydrogen-bond acceptors (Lipinski definition) is 0. The summed E-state index contributed by atoms with van der Waals surface area (Å²) in [6.07, 6.45) is 28.6. The summed E-state index contributed by atoms with van der Waals surface area (Å²) in [7, 11) is -2.71. The van der Waals surface area contributed by atoms with Gasteiger partial charge in [0.25, 0.3) is 0 Å². The SMILES string of the molecule is C=CC[C]1[CH][C]([Si]([C]2[CH][C](CC=C)[C]3C=CC=C[C]32)(c2ccccc2)c2ccccc2)[C]2C=CC=C[C]12.[Cl-].[Cl-].[Zr+4]. The van der Waals surface area contributed by atoms with Gasteiger partial charge in [0, 0.05) is 23.7 Å². The van der Waals surface area contributed by atoms with Crippen LogP contribution in [0.3, 0.4) is 0 Å². The minimum absolute atomic E-state index is 0. The fourth-order valence-corrected chi connectivity index (χ4v) is 11.5. The van der Waals surface area contributed by atoms with Crippen molar-refractivity contribution >= 4 is 18.4 Å². The van der Waals surface area contributed by atoms with Crippen LogP contribution in [0.4, 0.5) is 0 Å². The number of halogens is 2. The van der Waals surface area contributed by atoms with Crippen molar-refractivity contribution in [3.8, 4) is 0 Å². The zero-order valence-electron chi connectivity index (χ0n) is 22.3. The molecule has 4 aliphatic rings. The van der Waals surface area contributed by atoms with E-state index in [1.54, 1.807) is 0 Å². The molecule has 0 bridgehead atoms. The van der Waals surface area contributed by atoms with E-state index in [4.69, 9.17) is 0 Å². The van der Waals surface area contributed by atoms with Crippen molar-refractivity contribution in [3.63, 3.8) is 0 Å². The third kappa shape index (κ3) is 5.64. The third-order valence-corrected chi connectivity index (χ3v) is 12.6. The van der Waals surface area contributed by atoms with E-state index >= 15 is 0 Å². The maximum Gasteiger partial charge on any atom is 4.00 e. The van der Waals surface area contributed by atoms with Gasteiger partial charge in [0.05, 0.1) is 0 Å². The van der Waals surface area contributed by atoms with Crippen LogP contribution >= 0.6 is 0 Å². The molecule has 0 saturated heterocycles. The monoisotopic (exact) mass is 650 g/mol. The number of rotatable bonds is 8. The predicted molar refractivity (Wildman–Crippen MR) is 159 cm³/mol. The van der Waals surface area contributed by atoms with Crippen molar-refractivity contribution in [2.45, 2.75) is 12.8 Å². The quantitative estimate of drug-likeness (QED) is 0.292. The first kappa shape index (κ1) is 33.1. The van der Waals surface area contributed by atoms with Crippen LogP contribution < -0.4 is 35.2 Å². The topological polar surface area (TPSA) is 0 Å². The van der Waals surface area contributed by atoms with Crippen LogP contribution in [0.1, 0.15) is 12.8 Å². The van der Waals surface area contributed by atoms with E-state index in [2.05, 4.69) is 135 Å². The smallest absolute Gasteiger partial charge is 1.00 e. The van der Waals surface area contributed by atoms with Gasteiger partial charge in [0.1, 0.15) is 8.07 Å². The molecule has 2 saturated carbocycles. The molecule has 194 valence electrons. The second-order valence-corrected chi connectivity index (χ2v) is 13.5. The molecule has 4 aliphatic carbocycles. The Kier molecular flexibility index (Phi) is 12.1. The van der Waals surface area contributed by atoms with Crippen molar-refractivity contribution in [2.75, 3.05) is 0 Å². The van der Waals surface area contributed by atoms with Gasteiger partial charge in [-0.05, 0) is 48.6 Å². The molecule has 0 aromatic heterocycles. The average molecular weight is 653 g/mol. The largest absolute Gasteiger partial charge is 4.00 e. The molecule has 0 amide bonds. The van der Waals surface area contributed by atoms with E-state index in [1.165, 1.54) is 57.0 Å². The molecule has 0 N–H and O–H groups in total. The van der Waals surface area contributed by atoms with Gasteiger partial charge in [0.15, 0.2) is 0 Å². The van der Waals surface area contributed by atoms with Crippen LogP contribution in [0.5, 0.6) is 0 Å². The van der Waals surface area contributed by atoms with Gasteiger partial charge < -0.3 is 24.8 Å². The average Bonchev–Trinajstić information content (AvgIpc) is 3.51. The van der Waals surface area contributed by atoms with E-state index < -0.39 is 8.07 Å². The Hall–Kier alpha value is -1.44. The summed E-state index contributed by atoms with van der Waals surface area (Å²) in [6, 6.07) is 22.5. The zero-order chi connectivity index (χ0) is 25.2. The Balaban J connectivity index is 0.00000147. The molecule has 2 aromatic carbocycles. The van der Waals surface area contributed by atoms with Crippen molar-refractivity contribution in [2.24, 2.45) is 0 Å². The number of fused-ring (bicyclic) bond motifs is 2. The molecular formula is C36H30Cl2SiZr+2. The first-order valence-electron chi connectivity index (χ1n) is 13.0. The summed E-state index contributed by atoms with van der Waals surface area (Å²) in [4.78, 5) is 0. The van der Waals surface area contributed by atoms with E-state index in [-0.39, 0.29) is 51.0 Å². The molecule has 4 heteroatoms. The van der Waals surface area contributed by atoms with E-state index in [0.717, 1.165) is 12.8 Å². The van der Waals surface area contributed by atoms with Crippen LogP contribution in [-0.4, -0.2) is 8.07 Å². The number of hydrogen-bond donors (Lipinski definition) is 0. The van der Waals surface area contributed by atoms with Gasteiger partial charge in [-0.15, -0.1) is 13.2 Å². The fourth-order valence-electron chi connectivity index (χ4n) is 6.23. The van der Waals surface area contributed by atoms with Crippen LogP contribution in [-0.2, 0) is 26.2 Å². The van der Waals surface area contributed by atoms with Crippen LogP contribution in [0.25, 0.3) is 0 Å². The summed E-state index contributed by atoms with van der Waals surface area (Å²) in [6.45, 7) is 8.15. The van der Waals surface area contributed by atoms with Gasteiger partial charge in [-0.1, -0.05) is 132 Å². The Labute approximate surface area is 274 Å². The summed E-state index contributed by atoms with van der Waals surface area (Å²) in [5, 5.41) is 2.81. The van der Waals surface area contributed by atoms with E-state index in [9.17, 15) is 0 Å². The molecule has 6 rings (SSSR count). The molecule has 10 radical (unpaired) electrons. The molecule has 0 spiro atoms. The maximum atomic E-state index is 4.08. The second kappa shape index (κ2) is 14.6. The molecule has 0 unspecified atom stereocenters. The van der Waals surface area contributed by atoms with Gasteiger partial charge in [-0.3, -0.25) is 0 Å². The molecule has 2 aromatic rings. The van der Waals surface area contributed by atoms with Crippen molar-refractivity contribution in [1.29, 1.82) is 0 Å². The number of benzene rings is 2. The van der Waals surface area contributed by atoms with Crippen LogP contribution in [0, 0.1) is 59.4 Å². The third-order valence-electron chi connectivity index (χ3n) is 7.71.